The highest BCUT2D eigenvalue weighted by Gasteiger charge is 2.42. The van der Waals surface area contributed by atoms with Crippen molar-refractivity contribution < 1.29 is 23.9 Å². The number of hydrogen-bond donors (Lipinski definition) is 2. The monoisotopic (exact) mass is 502 g/mol. The predicted octanol–water partition coefficient (Wildman–Crippen LogP) is 3.89. The van der Waals surface area contributed by atoms with Crippen LogP contribution in [0.5, 0.6) is 5.75 Å². The molecule has 2 fully saturated rings. The van der Waals surface area contributed by atoms with Crippen molar-refractivity contribution in [3.8, 4) is 5.75 Å². The van der Waals surface area contributed by atoms with Crippen LogP contribution >= 0.6 is 12.4 Å². The van der Waals surface area contributed by atoms with E-state index in [-0.39, 0.29) is 30.0 Å². The average molecular weight is 503 g/mol. The number of benzene rings is 2. The maximum atomic E-state index is 15.2. The zero-order valence-corrected chi connectivity index (χ0v) is 20.1. The van der Waals surface area contributed by atoms with E-state index in [1.54, 1.807) is 6.07 Å². The molecule has 2 aromatic carbocycles. The third kappa shape index (κ3) is 4.92. The van der Waals surface area contributed by atoms with Gasteiger partial charge in [-0.1, -0.05) is 42.4 Å². The fourth-order valence-corrected chi connectivity index (χ4v) is 4.34. The lowest BCUT2D eigenvalue weighted by Crippen LogP contribution is -2.36. The molecule has 8 nitrogen and oxygen atoms in total. The van der Waals surface area contributed by atoms with Crippen molar-refractivity contribution in [3.63, 3.8) is 0 Å². The van der Waals surface area contributed by atoms with E-state index in [1.807, 2.05) is 47.1 Å². The van der Waals surface area contributed by atoms with Crippen LogP contribution in [0.2, 0.25) is 0 Å². The Hall–Kier alpha value is -3.30. The van der Waals surface area contributed by atoms with Crippen LogP contribution in [0.3, 0.4) is 0 Å². The lowest BCUT2D eigenvalue weighted by atomic mass is 9.88. The number of oxime groups is 1. The van der Waals surface area contributed by atoms with Crippen LogP contribution in [0.25, 0.3) is 0 Å². The molecule has 1 saturated carbocycles. The fourth-order valence-electron chi connectivity index (χ4n) is 4.34. The Morgan fingerprint density at radius 3 is 2.69 bits per heavy atom. The Morgan fingerprint density at radius 1 is 1.29 bits per heavy atom. The number of hydrogen-bond acceptors (Lipinski definition) is 7. The van der Waals surface area contributed by atoms with Crippen LogP contribution in [0.4, 0.5) is 15.8 Å². The Kier molecular flexibility index (Phi) is 6.91. The van der Waals surface area contributed by atoms with Crippen molar-refractivity contribution in [3.05, 3.63) is 65.8 Å². The van der Waals surface area contributed by atoms with Gasteiger partial charge in [-0.2, -0.15) is 0 Å². The highest BCUT2D eigenvalue weighted by molar-refractivity contribution is 5.97. The number of ether oxygens (including phenoxy) is 1. The molecule has 0 spiro atoms. The molecule has 2 aliphatic heterocycles. The van der Waals surface area contributed by atoms with Crippen LogP contribution in [-0.4, -0.2) is 42.5 Å². The third-order valence-corrected chi connectivity index (χ3v) is 6.55. The molecule has 10 heteroatoms. The molecule has 2 heterocycles. The highest BCUT2D eigenvalue weighted by atomic mass is 35.5. The van der Waals surface area contributed by atoms with Crippen LogP contribution in [0.1, 0.15) is 25.3 Å². The van der Waals surface area contributed by atoms with E-state index in [1.165, 1.54) is 12.3 Å². The number of rotatable bonds is 7. The van der Waals surface area contributed by atoms with Gasteiger partial charge in [0.15, 0.2) is 5.75 Å². The first kappa shape index (κ1) is 24.8. The largest absolute Gasteiger partial charge is 0.475 e. The third-order valence-electron chi connectivity index (χ3n) is 6.55. The van der Waals surface area contributed by atoms with Gasteiger partial charge in [0.2, 0.25) is 5.76 Å². The van der Waals surface area contributed by atoms with Crippen molar-refractivity contribution in [1.82, 2.24) is 0 Å². The topological polar surface area (TPSA) is 101 Å². The fraction of sp³-hybridized carbons (Fsp3) is 0.360. The van der Waals surface area contributed by atoms with Gasteiger partial charge in [-0.05, 0) is 24.5 Å². The Bertz CT molecular complexity index is 1170. The zero-order valence-electron chi connectivity index (χ0n) is 19.3. The second-order valence-corrected chi connectivity index (χ2v) is 9.23. The van der Waals surface area contributed by atoms with Crippen molar-refractivity contribution in [1.29, 1.82) is 0 Å². The first-order valence-electron chi connectivity index (χ1n) is 11.3. The zero-order chi connectivity index (χ0) is 23.9. The predicted molar refractivity (Wildman–Crippen MR) is 134 cm³/mol. The molecule has 1 aliphatic carbocycles. The Labute approximate surface area is 209 Å². The minimum absolute atomic E-state index is 0. The summed E-state index contributed by atoms with van der Waals surface area (Å²) in [6, 6.07) is 12.9. The minimum atomic E-state index is -1.18. The van der Waals surface area contributed by atoms with Crippen LogP contribution in [0, 0.1) is 11.2 Å². The lowest BCUT2D eigenvalue weighted by molar-refractivity contribution is -0.135. The van der Waals surface area contributed by atoms with Crippen LogP contribution in [0.15, 0.2) is 59.6 Å². The number of halogens is 2. The van der Waals surface area contributed by atoms with Crippen molar-refractivity contribution in [2.45, 2.75) is 32.4 Å². The summed E-state index contributed by atoms with van der Waals surface area (Å²) in [5.74, 6) is -1.69. The van der Waals surface area contributed by atoms with Gasteiger partial charge >= 0.3 is 5.97 Å². The number of nitrogens with zero attached hydrogens (tertiary/aromatic N) is 3. The van der Waals surface area contributed by atoms with Crippen molar-refractivity contribution in [2.24, 2.45) is 16.3 Å². The summed E-state index contributed by atoms with van der Waals surface area (Å²) >= 11 is 0. The van der Waals surface area contributed by atoms with E-state index in [0.29, 0.717) is 37.6 Å². The van der Waals surface area contributed by atoms with Crippen molar-refractivity contribution in [2.75, 3.05) is 29.4 Å². The maximum Gasteiger partial charge on any atom is 0.373 e. The number of nitrogens with two attached hydrogens (primary N) is 1. The second kappa shape index (κ2) is 9.75. The molecule has 0 bridgehead atoms. The summed E-state index contributed by atoms with van der Waals surface area (Å²) in [4.78, 5) is 20.9. The molecule has 35 heavy (non-hydrogen) atoms. The second-order valence-electron chi connectivity index (χ2n) is 9.23. The van der Waals surface area contributed by atoms with Crippen LogP contribution < -0.4 is 20.3 Å². The smallest absolute Gasteiger partial charge is 0.373 e. The molecule has 1 atom stereocenters. The number of carbonyl (C=O) groups is 1. The van der Waals surface area contributed by atoms with Gasteiger partial charge in [0, 0.05) is 30.6 Å². The van der Waals surface area contributed by atoms with Crippen LogP contribution in [-0.2, 0) is 16.2 Å². The number of carboxylic acids is 1. The summed E-state index contributed by atoms with van der Waals surface area (Å²) < 4.78 is 20.7. The lowest BCUT2D eigenvalue weighted by Gasteiger charge is -2.30. The molecule has 0 aromatic heterocycles. The molecule has 3 aliphatic rings. The van der Waals surface area contributed by atoms with Gasteiger partial charge in [-0.25, -0.2) is 9.18 Å². The molecular formula is C25H28ClFN4O4. The number of anilines is 2. The van der Waals surface area contributed by atoms with Gasteiger partial charge in [0.1, 0.15) is 12.4 Å². The van der Waals surface area contributed by atoms with Gasteiger partial charge in [0.25, 0.3) is 0 Å². The first-order valence-corrected chi connectivity index (χ1v) is 11.3. The molecule has 2 aromatic rings. The molecule has 1 unspecified atom stereocenters. The molecule has 0 amide bonds. The minimum Gasteiger partial charge on any atom is -0.475 e. The maximum absolute atomic E-state index is 15.2. The molecular weight excluding hydrogens is 475 g/mol. The summed E-state index contributed by atoms with van der Waals surface area (Å²) in [5, 5.41) is 13.8. The van der Waals surface area contributed by atoms with Gasteiger partial charge in [-0.15, -0.1) is 12.4 Å². The number of aliphatic carboxylic acids is 1. The summed E-state index contributed by atoms with van der Waals surface area (Å²) in [5.41, 5.74) is 8.44. The quantitative estimate of drug-likeness (QED) is 0.554. The standard InChI is InChI=1S/C25H27FN4O4.ClH/c1-25(14-27)15-29(12-23(25)28-33-13-16-5-3-2-4-6-16)19-10-20-21(9-18(19)26)34-22(24(31)32)11-30(20)17-7-8-17;/h2-6,9-11,17H,7-8,12-15,27H2,1H3,(H,31,32);1H/b28-23+;. The first-order chi connectivity index (χ1) is 16.4. The van der Waals surface area contributed by atoms with E-state index >= 15 is 4.39 Å². The normalized spacial score (nSPS) is 22.3. The number of fused-ring (bicyclic) bond motifs is 1. The van der Waals surface area contributed by atoms with E-state index in [9.17, 15) is 9.90 Å². The highest BCUT2D eigenvalue weighted by Crippen LogP contribution is 2.45. The Morgan fingerprint density at radius 2 is 2.03 bits per heavy atom. The van der Waals surface area contributed by atoms with Gasteiger partial charge < -0.3 is 30.2 Å². The van der Waals surface area contributed by atoms with E-state index < -0.39 is 17.2 Å². The summed E-state index contributed by atoms with van der Waals surface area (Å²) in [7, 11) is 0. The molecule has 1 saturated heterocycles. The van der Waals surface area contributed by atoms with E-state index in [0.717, 1.165) is 24.1 Å². The summed E-state index contributed by atoms with van der Waals surface area (Å²) in [6.45, 7) is 3.52. The van der Waals surface area contributed by atoms with E-state index in [4.69, 9.17) is 15.3 Å². The van der Waals surface area contributed by atoms with Gasteiger partial charge in [0.05, 0.1) is 29.8 Å². The SMILES string of the molecule is CC1(CN)CN(c2cc3c(cc2F)OC(C(=O)O)=CN3C2CC2)C/C1=N\OCc1ccccc1.Cl. The molecule has 0 radical (unpaired) electrons. The molecule has 5 rings (SSSR count). The number of carboxylic acid groups (broad SMARTS) is 1. The van der Waals surface area contributed by atoms with E-state index in [2.05, 4.69) is 5.16 Å². The molecule has 186 valence electrons. The van der Waals surface area contributed by atoms with Gasteiger partial charge in [-0.3, -0.25) is 0 Å². The average Bonchev–Trinajstić information content (AvgIpc) is 3.62. The Balaban J connectivity index is 0.00000289. The van der Waals surface area contributed by atoms with Crippen molar-refractivity contribution >= 4 is 35.5 Å². The molecule has 3 N–H and O–H groups in total. The summed E-state index contributed by atoms with van der Waals surface area (Å²) in [6.07, 6.45) is 3.38.